The fraction of sp³-hybridized carbons (Fsp3) is 0.0465. The molecule has 0 saturated carbocycles. The molecule has 0 spiro atoms. The van der Waals surface area contributed by atoms with Crippen LogP contribution in [0.4, 0.5) is 0 Å². The number of fused-ring (bicyclic) bond motifs is 7. The van der Waals surface area contributed by atoms with Crippen LogP contribution in [-0.2, 0) is 0 Å². The largest absolute Gasteiger partial charge is 0.456 e. The van der Waals surface area contributed by atoms with E-state index in [-0.39, 0.29) is 0 Å². The summed E-state index contributed by atoms with van der Waals surface area (Å²) in [7, 11) is 0. The van der Waals surface area contributed by atoms with Gasteiger partial charge >= 0.3 is 0 Å². The molecule has 0 atom stereocenters. The molecule has 226 valence electrons. The summed E-state index contributed by atoms with van der Waals surface area (Å²) in [6, 6.07) is 46.5. The van der Waals surface area contributed by atoms with E-state index in [0.29, 0.717) is 17.5 Å². The van der Waals surface area contributed by atoms with Crippen LogP contribution in [0.1, 0.15) is 18.4 Å². The van der Waals surface area contributed by atoms with Crippen LogP contribution in [0.3, 0.4) is 0 Å². The maximum Gasteiger partial charge on any atom is 0.164 e. The molecule has 48 heavy (non-hydrogen) atoms. The van der Waals surface area contributed by atoms with Crippen LogP contribution < -0.4 is 10.4 Å². The van der Waals surface area contributed by atoms with E-state index in [0.717, 1.165) is 46.1 Å². The second kappa shape index (κ2) is 10.8. The molecule has 0 aliphatic heterocycles. The van der Waals surface area contributed by atoms with Gasteiger partial charge < -0.3 is 4.42 Å². The van der Waals surface area contributed by atoms with E-state index in [1.165, 1.54) is 47.1 Å². The van der Waals surface area contributed by atoms with E-state index in [1.807, 2.05) is 30.3 Å². The first kappa shape index (κ1) is 27.2. The van der Waals surface area contributed by atoms with Gasteiger partial charge in [0.1, 0.15) is 11.2 Å². The van der Waals surface area contributed by atoms with Gasteiger partial charge in [-0.15, -0.1) is 11.3 Å². The van der Waals surface area contributed by atoms with Crippen molar-refractivity contribution in [3.05, 3.63) is 149 Å². The number of aromatic nitrogens is 3. The van der Waals surface area contributed by atoms with Crippen LogP contribution in [0.2, 0.25) is 0 Å². The van der Waals surface area contributed by atoms with E-state index < -0.39 is 0 Å². The molecule has 5 heteroatoms. The zero-order chi connectivity index (χ0) is 31.6. The second-order valence-corrected chi connectivity index (χ2v) is 13.3. The normalized spacial score (nSPS) is 13.0. The zero-order valence-electron chi connectivity index (χ0n) is 25.9. The van der Waals surface area contributed by atoms with Gasteiger partial charge in [-0.3, -0.25) is 0 Å². The van der Waals surface area contributed by atoms with Crippen molar-refractivity contribution in [3.63, 3.8) is 0 Å². The van der Waals surface area contributed by atoms with Gasteiger partial charge in [0.15, 0.2) is 17.5 Å². The molecule has 0 amide bonds. The van der Waals surface area contributed by atoms with Crippen molar-refractivity contribution in [3.8, 4) is 34.2 Å². The average Bonchev–Trinajstić information content (AvgIpc) is 3.73. The first-order valence-electron chi connectivity index (χ1n) is 16.3. The van der Waals surface area contributed by atoms with Crippen LogP contribution in [0.5, 0.6) is 0 Å². The topological polar surface area (TPSA) is 51.8 Å². The third kappa shape index (κ3) is 4.25. The van der Waals surface area contributed by atoms with Crippen molar-refractivity contribution in [1.29, 1.82) is 0 Å². The Balaban J connectivity index is 1.24. The highest BCUT2D eigenvalue weighted by Crippen LogP contribution is 2.40. The Kier molecular flexibility index (Phi) is 6.14. The van der Waals surface area contributed by atoms with Crippen molar-refractivity contribution in [2.24, 2.45) is 0 Å². The summed E-state index contributed by atoms with van der Waals surface area (Å²) in [5.41, 5.74) is 7.36. The smallest absolute Gasteiger partial charge is 0.164 e. The van der Waals surface area contributed by atoms with Crippen LogP contribution in [0.25, 0.3) is 87.9 Å². The molecule has 4 nitrogen and oxygen atoms in total. The van der Waals surface area contributed by atoms with Gasteiger partial charge in [-0.2, -0.15) is 0 Å². The van der Waals surface area contributed by atoms with E-state index in [1.54, 1.807) is 11.3 Å². The third-order valence-corrected chi connectivity index (χ3v) is 10.6. The van der Waals surface area contributed by atoms with Gasteiger partial charge in [-0.1, -0.05) is 115 Å². The quantitative estimate of drug-likeness (QED) is 0.194. The lowest BCUT2D eigenvalue weighted by Gasteiger charge is -2.15. The summed E-state index contributed by atoms with van der Waals surface area (Å²) in [6.07, 6.45) is 4.22. The SMILES string of the molecule is C1=c2c(-c3nc(-c4ccccc4)nc(-c4cccc5sc6ccccc6c45)n3)cccc2=C(c2cccc3oc4ccccc4c23)CC1. The van der Waals surface area contributed by atoms with Crippen molar-refractivity contribution in [1.82, 2.24) is 15.0 Å². The van der Waals surface area contributed by atoms with Crippen molar-refractivity contribution in [2.75, 3.05) is 0 Å². The van der Waals surface area contributed by atoms with E-state index in [9.17, 15) is 0 Å². The molecular weight excluding hydrogens is 607 g/mol. The fourth-order valence-electron chi connectivity index (χ4n) is 7.34. The summed E-state index contributed by atoms with van der Waals surface area (Å²) < 4.78 is 8.76. The predicted molar refractivity (Wildman–Crippen MR) is 198 cm³/mol. The Bertz CT molecular complexity index is 2850. The number of benzene rings is 6. The van der Waals surface area contributed by atoms with Crippen LogP contribution >= 0.6 is 11.3 Å². The van der Waals surface area contributed by atoms with E-state index in [2.05, 4.69) is 109 Å². The number of nitrogens with zero attached hydrogens (tertiary/aromatic N) is 3. The minimum absolute atomic E-state index is 0.666. The first-order valence-corrected chi connectivity index (χ1v) is 17.1. The highest BCUT2D eigenvalue weighted by molar-refractivity contribution is 7.25. The van der Waals surface area contributed by atoms with Crippen molar-refractivity contribution < 1.29 is 4.42 Å². The molecule has 0 unspecified atom stereocenters. The predicted octanol–water partition coefficient (Wildman–Crippen LogP) is 9.91. The third-order valence-electron chi connectivity index (χ3n) is 9.45. The lowest BCUT2D eigenvalue weighted by molar-refractivity contribution is 0.669. The number of thiophene rings is 1. The van der Waals surface area contributed by atoms with Gasteiger partial charge in [-0.05, 0) is 58.7 Å². The summed E-state index contributed by atoms with van der Waals surface area (Å²) >= 11 is 1.80. The van der Waals surface area contributed by atoms with E-state index >= 15 is 0 Å². The molecule has 3 heterocycles. The molecule has 0 saturated heterocycles. The Labute approximate surface area is 280 Å². The average molecular weight is 634 g/mol. The molecule has 1 aliphatic rings. The minimum atomic E-state index is 0.666. The number of rotatable bonds is 4. The Morgan fingerprint density at radius 1 is 0.500 bits per heavy atom. The van der Waals surface area contributed by atoms with Gasteiger partial charge in [0.2, 0.25) is 0 Å². The van der Waals surface area contributed by atoms with Gasteiger partial charge in [-0.25, -0.2) is 15.0 Å². The molecule has 0 fully saturated rings. The monoisotopic (exact) mass is 633 g/mol. The number of hydrogen-bond donors (Lipinski definition) is 0. The summed E-state index contributed by atoms with van der Waals surface area (Å²) in [4.78, 5) is 15.5. The molecular formula is C43H27N3OS. The Morgan fingerprint density at radius 3 is 2.08 bits per heavy atom. The molecule has 6 aromatic carbocycles. The zero-order valence-corrected chi connectivity index (χ0v) is 26.7. The number of para-hydroxylation sites is 1. The Morgan fingerprint density at radius 2 is 1.17 bits per heavy atom. The van der Waals surface area contributed by atoms with Crippen molar-refractivity contribution in [2.45, 2.75) is 12.8 Å². The van der Waals surface area contributed by atoms with Gasteiger partial charge in [0.05, 0.1) is 0 Å². The second-order valence-electron chi connectivity index (χ2n) is 12.2. The lowest BCUT2D eigenvalue weighted by atomic mass is 9.89. The highest BCUT2D eigenvalue weighted by atomic mass is 32.1. The van der Waals surface area contributed by atoms with E-state index in [4.69, 9.17) is 19.4 Å². The molecule has 3 aromatic heterocycles. The first-order chi connectivity index (χ1) is 23.8. The Hall–Kier alpha value is -5.91. The molecule has 9 aromatic rings. The molecule has 10 rings (SSSR count). The van der Waals surface area contributed by atoms with Crippen LogP contribution in [0, 0.1) is 0 Å². The lowest BCUT2D eigenvalue weighted by Crippen LogP contribution is -2.32. The summed E-state index contributed by atoms with van der Waals surface area (Å²) in [6.45, 7) is 0. The minimum Gasteiger partial charge on any atom is -0.456 e. The fourth-order valence-corrected chi connectivity index (χ4v) is 8.47. The number of hydrogen-bond acceptors (Lipinski definition) is 5. The highest BCUT2D eigenvalue weighted by Gasteiger charge is 2.20. The molecule has 0 N–H and O–H groups in total. The van der Waals surface area contributed by atoms with Crippen LogP contribution in [0.15, 0.2) is 138 Å². The molecule has 0 radical (unpaired) electrons. The van der Waals surface area contributed by atoms with Gasteiger partial charge in [0.25, 0.3) is 0 Å². The maximum atomic E-state index is 6.28. The summed E-state index contributed by atoms with van der Waals surface area (Å²) in [5, 5.41) is 7.11. The molecule has 0 bridgehead atoms. The number of furan rings is 1. The van der Waals surface area contributed by atoms with Gasteiger partial charge in [0, 0.05) is 47.6 Å². The van der Waals surface area contributed by atoms with Crippen LogP contribution in [-0.4, -0.2) is 15.0 Å². The maximum absolute atomic E-state index is 6.28. The summed E-state index contributed by atoms with van der Waals surface area (Å²) in [5.74, 6) is 2.02. The molecule has 1 aliphatic carbocycles. The van der Waals surface area contributed by atoms with Crippen molar-refractivity contribution >= 4 is 65.1 Å². The standard InChI is InChI=1S/C43H27N3OS/c1-2-12-26(13-3-1)41-44-42(46-43(45-41)34-21-11-25-38-40(34)33-15-5-7-24-37(33)48-38)31-20-9-16-27-28(17-8-18-29(27)31)30-19-10-23-36-39(30)32-14-4-6-22-35(32)47-36/h1-7,9-16,18-25H,8,17H2.